The molecule has 0 saturated carbocycles. The highest BCUT2D eigenvalue weighted by atomic mass is 32.1. The van der Waals surface area contributed by atoms with Gasteiger partial charge in [-0.1, -0.05) is 57.2 Å². The molecule has 5 rings (SSSR count). The Labute approximate surface area is 170 Å². The van der Waals surface area contributed by atoms with Gasteiger partial charge in [0.15, 0.2) is 0 Å². The summed E-state index contributed by atoms with van der Waals surface area (Å²) in [6.07, 6.45) is 3.20. The second-order valence-corrected chi connectivity index (χ2v) is 10.3. The van der Waals surface area contributed by atoms with Crippen molar-refractivity contribution in [2.45, 2.75) is 41.0 Å². The zero-order valence-corrected chi connectivity index (χ0v) is 18.0. The van der Waals surface area contributed by atoms with Crippen molar-refractivity contribution in [1.82, 2.24) is 4.98 Å². The number of fused-ring (bicyclic) bond motifs is 7. The minimum absolute atomic E-state index is 0.289. The van der Waals surface area contributed by atoms with Crippen LogP contribution < -0.4 is 0 Å². The monoisotopic (exact) mass is 383 g/mol. The van der Waals surface area contributed by atoms with Crippen molar-refractivity contribution in [2.75, 3.05) is 0 Å². The minimum Gasteiger partial charge on any atom is -0.254 e. The Morgan fingerprint density at radius 3 is 2.29 bits per heavy atom. The van der Waals surface area contributed by atoms with Crippen LogP contribution in [-0.2, 0) is 6.42 Å². The van der Waals surface area contributed by atoms with E-state index in [4.69, 9.17) is 4.98 Å². The van der Waals surface area contributed by atoms with E-state index in [2.05, 4.69) is 83.3 Å². The van der Waals surface area contributed by atoms with E-state index in [9.17, 15) is 0 Å². The Hall–Kier alpha value is -2.45. The fraction of sp³-hybridized carbons (Fsp3) is 0.269. The van der Waals surface area contributed by atoms with E-state index in [0.29, 0.717) is 0 Å². The van der Waals surface area contributed by atoms with Crippen molar-refractivity contribution < 1.29 is 0 Å². The number of benzene rings is 3. The van der Waals surface area contributed by atoms with Crippen molar-refractivity contribution in [2.24, 2.45) is 5.41 Å². The molecule has 0 saturated heterocycles. The van der Waals surface area contributed by atoms with E-state index in [1.54, 1.807) is 0 Å². The first-order valence-electron chi connectivity index (χ1n) is 9.95. The number of pyridine rings is 1. The lowest BCUT2D eigenvalue weighted by atomic mass is 9.90. The molecule has 2 heterocycles. The van der Waals surface area contributed by atoms with Gasteiger partial charge in [-0.3, -0.25) is 4.98 Å². The highest BCUT2D eigenvalue weighted by Crippen LogP contribution is 2.40. The number of aromatic nitrogens is 1. The van der Waals surface area contributed by atoms with Gasteiger partial charge in [0.1, 0.15) is 0 Å². The summed E-state index contributed by atoms with van der Waals surface area (Å²) in [5.74, 6) is 0. The van der Waals surface area contributed by atoms with Crippen LogP contribution in [0.4, 0.5) is 0 Å². The van der Waals surface area contributed by atoms with Crippen LogP contribution in [0.15, 0.2) is 48.7 Å². The van der Waals surface area contributed by atoms with E-state index < -0.39 is 0 Å². The normalized spacial score (nSPS) is 12.6. The fourth-order valence-electron chi connectivity index (χ4n) is 4.47. The highest BCUT2D eigenvalue weighted by molar-refractivity contribution is 7.19. The molecule has 2 aromatic heterocycles. The van der Waals surface area contributed by atoms with Gasteiger partial charge in [0, 0.05) is 27.2 Å². The molecule has 0 unspecified atom stereocenters. The van der Waals surface area contributed by atoms with Crippen LogP contribution in [0.2, 0.25) is 0 Å². The second kappa shape index (κ2) is 6.02. The van der Waals surface area contributed by atoms with Gasteiger partial charge in [0.25, 0.3) is 0 Å². The van der Waals surface area contributed by atoms with E-state index in [1.165, 1.54) is 53.0 Å². The van der Waals surface area contributed by atoms with Gasteiger partial charge in [-0.15, -0.1) is 11.3 Å². The van der Waals surface area contributed by atoms with Gasteiger partial charge in [-0.2, -0.15) is 0 Å². The molecule has 0 amide bonds. The summed E-state index contributed by atoms with van der Waals surface area (Å²) in [7, 11) is 0. The van der Waals surface area contributed by atoms with Gasteiger partial charge >= 0.3 is 0 Å². The van der Waals surface area contributed by atoms with E-state index in [-0.39, 0.29) is 5.41 Å². The van der Waals surface area contributed by atoms with Crippen molar-refractivity contribution in [3.05, 3.63) is 64.7 Å². The summed E-state index contributed by atoms with van der Waals surface area (Å²) in [6.45, 7) is 11.4. The molecule has 0 radical (unpaired) electrons. The zero-order valence-electron chi connectivity index (χ0n) is 17.2. The van der Waals surface area contributed by atoms with Crippen molar-refractivity contribution in [3.63, 3.8) is 0 Å². The fourth-order valence-corrected chi connectivity index (χ4v) is 5.97. The Morgan fingerprint density at radius 1 is 0.857 bits per heavy atom. The molecule has 0 bridgehead atoms. The molecule has 140 valence electrons. The molecule has 0 N–H and O–H groups in total. The Bertz CT molecular complexity index is 1380. The average Bonchev–Trinajstić information content (AvgIpc) is 2.96. The number of rotatable bonds is 1. The summed E-state index contributed by atoms with van der Waals surface area (Å²) in [6, 6.07) is 15.6. The molecular weight excluding hydrogens is 358 g/mol. The Kier molecular flexibility index (Phi) is 3.79. The smallest absolute Gasteiger partial charge is 0.0787 e. The van der Waals surface area contributed by atoms with Crippen LogP contribution in [0.1, 0.15) is 36.8 Å². The van der Waals surface area contributed by atoms with E-state index in [0.717, 1.165) is 11.9 Å². The summed E-state index contributed by atoms with van der Waals surface area (Å²) < 4.78 is 1.31. The highest BCUT2D eigenvalue weighted by Gasteiger charge is 2.19. The third-order valence-electron chi connectivity index (χ3n) is 5.76. The van der Waals surface area contributed by atoms with Gasteiger partial charge in [-0.05, 0) is 59.0 Å². The van der Waals surface area contributed by atoms with Gasteiger partial charge in [-0.25, -0.2) is 0 Å². The molecule has 2 heteroatoms. The second-order valence-electron chi connectivity index (χ2n) is 9.18. The number of thiophene rings is 1. The van der Waals surface area contributed by atoms with Crippen LogP contribution in [0.25, 0.3) is 42.5 Å². The predicted octanol–water partition coefficient (Wildman–Crippen LogP) is 7.96. The Balaban J connectivity index is 1.88. The van der Waals surface area contributed by atoms with Gasteiger partial charge in [0.05, 0.1) is 10.2 Å². The SMILES string of the molecule is Cc1cc2c(ccc3c2ncc2sc(CC(C)(C)C)c(C)c23)c2ccccc12. The van der Waals surface area contributed by atoms with Gasteiger partial charge in [0.2, 0.25) is 0 Å². The molecule has 0 aliphatic carbocycles. The average molecular weight is 384 g/mol. The van der Waals surface area contributed by atoms with Crippen molar-refractivity contribution in [3.8, 4) is 0 Å². The summed E-state index contributed by atoms with van der Waals surface area (Å²) in [5.41, 5.74) is 4.16. The third kappa shape index (κ3) is 2.62. The molecule has 1 nitrogen and oxygen atoms in total. The lowest BCUT2D eigenvalue weighted by molar-refractivity contribution is 0.414. The van der Waals surface area contributed by atoms with E-state index in [1.807, 2.05) is 11.3 Å². The molecule has 0 aliphatic rings. The number of aryl methyl sites for hydroxylation is 2. The van der Waals surface area contributed by atoms with Crippen LogP contribution in [0.3, 0.4) is 0 Å². The first-order chi connectivity index (χ1) is 13.3. The lowest BCUT2D eigenvalue weighted by Crippen LogP contribution is -2.08. The molecule has 0 atom stereocenters. The minimum atomic E-state index is 0.289. The topological polar surface area (TPSA) is 12.9 Å². The third-order valence-corrected chi connectivity index (χ3v) is 6.99. The summed E-state index contributed by atoms with van der Waals surface area (Å²) >= 11 is 1.91. The van der Waals surface area contributed by atoms with Crippen molar-refractivity contribution >= 4 is 53.9 Å². The summed E-state index contributed by atoms with van der Waals surface area (Å²) in [4.78, 5) is 6.44. The van der Waals surface area contributed by atoms with Gasteiger partial charge < -0.3 is 0 Å². The molecule has 0 fully saturated rings. The largest absolute Gasteiger partial charge is 0.254 e. The van der Waals surface area contributed by atoms with E-state index >= 15 is 0 Å². The molecule has 0 aliphatic heterocycles. The number of nitrogens with zero attached hydrogens (tertiary/aromatic N) is 1. The number of hydrogen-bond donors (Lipinski definition) is 0. The maximum Gasteiger partial charge on any atom is 0.0787 e. The van der Waals surface area contributed by atoms with Crippen LogP contribution in [0.5, 0.6) is 0 Å². The Morgan fingerprint density at radius 2 is 1.54 bits per heavy atom. The maximum absolute atomic E-state index is 4.95. The van der Waals surface area contributed by atoms with Crippen molar-refractivity contribution in [1.29, 1.82) is 0 Å². The number of hydrogen-bond acceptors (Lipinski definition) is 2. The molecular formula is C26H25NS. The van der Waals surface area contributed by atoms with Crippen LogP contribution >= 0.6 is 11.3 Å². The summed E-state index contributed by atoms with van der Waals surface area (Å²) in [5, 5.41) is 7.88. The first kappa shape index (κ1) is 17.6. The zero-order chi connectivity index (χ0) is 19.6. The quantitative estimate of drug-likeness (QED) is 0.267. The predicted molar refractivity (Wildman–Crippen MR) is 125 cm³/mol. The standard InChI is InChI=1S/C26H25NS/c1-15-12-21-19(18-9-7-6-8-17(15)18)10-11-20-24-16(2)22(13-26(3,4)5)28-23(24)14-27-25(20)21/h6-12,14H,13H2,1-5H3. The molecule has 5 aromatic rings. The first-order valence-corrected chi connectivity index (χ1v) is 10.8. The van der Waals surface area contributed by atoms with Crippen LogP contribution in [0, 0.1) is 19.3 Å². The molecule has 28 heavy (non-hydrogen) atoms. The molecule has 0 spiro atoms. The lowest BCUT2D eigenvalue weighted by Gasteiger charge is -2.17. The van der Waals surface area contributed by atoms with Crippen LogP contribution in [-0.4, -0.2) is 4.98 Å². The maximum atomic E-state index is 4.95. The molecule has 3 aromatic carbocycles.